The first-order valence-electron chi connectivity index (χ1n) is 4.97. The molecule has 0 fully saturated rings. The van der Waals surface area contributed by atoms with Gasteiger partial charge in [0.25, 0.3) is 6.43 Å². The summed E-state index contributed by atoms with van der Waals surface area (Å²) in [5.41, 5.74) is -0.875. The first-order chi connectivity index (χ1) is 8.90. The first-order valence-corrected chi connectivity index (χ1v) is 4.97. The summed E-state index contributed by atoms with van der Waals surface area (Å²) in [6, 6.07) is 0.825. The summed E-state index contributed by atoms with van der Waals surface area (Å²) in [5, 5.41) is 10.8. The molecule has 0 saturated carbocycles. The lowest BCUT2D eigenvalue weighted by Gasteiger charge is -2.07. The number of hydrogen-bond donors (Lipinski definition) is 0. The Bertz CT molecular complexity index is 507. The van der Waals surface area contributed by atoms with Crippen molar-refractivity contribution in [3.63, 3.8) is 0 Å². The summed E-state index contributed by atoms with van der Waals surface area (Å²) >= 11 is 0. The Morgan fingerprint density at radius 3 is 2.58 bits per heavy atom. The predicted octanol–water partition coefficient (Wildman–Crippen LogP) is 1.65. The standard InChI is InChI=1S/C10H10F2N2O5/c1-18-7(15)4-5-3-6(8(11)12)10(19-2)13-9(5)14(16)17/h3,8H,4H2,1-2H3. The van der Waals surface area contributed by atoms with E-state index in [-0.39, 0.29) is 5.56 Å². The van der Waals surface area contributed by atoms with Crippen molar-refractivity contribution in [2.24, 2.45) is 0 Å². The molecule has 19 heavy (non-hydrogen) atoms. The number of pyridine rings is 1. The van der Waals surface area contributed by atoms with E-state index >= 15 is 0 Å². The third-order valence-corrected chi connectivity index (χ3v) is 2.24. The molecule has 0 aliphatic carbocycles. The van der Waals surface area contributed by atoms with Crippen molar-refractivity contribution in [1.82, 2.24) is 4.98 Å². The Balaban J connectivity index is 3.36. The highest BCUT2D eigenvalue weighted by Gasteiger charge is 2.28. The van der Waals surface area contributed by atoms with Crippen LogP contribution in [0, 0.1) is 10.1 Å². The topological polar surface area (TPSA) is 91.6 Å². The molecule has 0 unspecified atom stereocenters. The van der Waals surface area contributed by atoms with Gasteiger partial charge in [-0.15, -0.1) is 0 Å². The molecule has 0 aliphatic rings. The Labute approximate surface area is 106 Å². The van der Waals surface area contributed by atoms with Crippen LogP contribution >= 0.6 is 0 Å². The van der Waals surface area contributed by atoms with Gasteiger partial charge in [-0.05, 0) is 11.0 Å². The highest BCUT2D eigenvalue weighted by Crippen LogP contribution is 2.32. The fourth-order valence-electron chi connectivity index (χ4n) is 1.38. The molecule has 9 heteroatoms. The van der Waals surface area contributed by atoms with Crippen LogP contribution in [0.25, 0.3) is 0 Å². The molecule has 1 rings (SSSR count). The van der Waals surface area contributed by atoms with Crippen LogP contribution in [-0.4, -0.2) is 30.1 Å². The molecular formula is C10H10F2N2O5. The third kappa shape index (κ3) is 3.33. The number of aromatic nitrogens is 1. The lowest BCUT2D eigenvalue weighted by molar-refractivity contribution is -0.390. The minimum Gasteiger partial charge on any atom is -0.469 e. The monoisotopic (exact) mass is 276 g/mol. The number of alkyl halides is 2. The number of methoxy groups -OCH3 is 2. The smallest absolute Gasteiger partial charge is 0.371 e. The molecule has 0 saturated heterocycles. The molecule has 0 amide bonds. The number of nitro groups is 1. The number of carbonyl (C=O) groups is 1. The van der Waals surface area contributed by atoms with Crippen LogP contribution in [0.3, 0.4) is 0 Å². The molecule has 0 radical (unpaired) electrons. The largest absolute Gasteiger partial charge is 0.469 e. The van der Waals surface area contributed by atoms with Crippen LogP contribution in [0.5, 0.6) is 5.88 Å². The average Bonchev–Trinajstić information content (AvgIpc) is 2.37. The van der Waals surface area contributed by atoms with Gasteiger partial charge in [0.15, 0.2) is 0 Å². The lowest BCUT2D eigenvalue weighted by Crippen LogP contribution is -2.10. The number of carbonyl (C=O) groups excluding carboxylic acids is 1. The number of rotatable bonds is 5. The van der Waals surface area contributed by atoms with Gasteiger partial charge < -0.3 is 19.6 Å². The summed E-state index contributed by atoms with van der Waals surface area (Å²) in [6.07, 6.45) is -3.46. The number of halogens is 2. The number of hydrogen-bond acceptors (Lipinski definition) is 6. The SMILES string of the molecule is COC(=O)Cc1cc(C(F)F)c(OC)nc1[N+](=O)[O-]. The molecular weight excluding hydrogens is 266 g/mol. The van der Waals surface area contributed by atoms with Crippen molar-refractivity contribution in [3.8, 4) is 5.88 Å². The lowest BCUT2D eigenvalue weighted by atomic mass is 10.1. The quantitative estimate of drug-likeness (QED) is 0.461. The molecule has 0 aliphatic heterocycles. The highest BCUT2D eigenvalue weighted by atomic mass is 19.3. The van der Waals surface area contributed by atoms with Crippen molar-refractivity contribution in [2.75, 3.05) is 14.2 Å². The van der Waals surface area contributed by atoms with Crippen molar-refractivity contribution < 1.29 is 28.0 Å². The van der Waals surface area contributed by atoms with Gasteiger partial charge in [0, 0.05) is 4.98 Å². The molecule has 1 aromatic heterocycles. The second-order valence-electron chi connectivity index (χ2n) is 3.38. The Kier molecular flexibility index (Phi) is 4.67. The van der Waals surface area contributed by atoms with E-state index < -0.39 is 41.0 Å². The van der Waals surface area contributed by atoms with Gasteiger partial charge in [-0.25, -0.2) is 8.78 Å². The third-order valence-electron chi connectivity index (χ3n) is 2.24. The Morgan fingerprint density at radius 1 is 1.53 bits per heavy atom. The van der Waals surface area contributed by atoms with Gasteiger partial charge in [0.2, 0.25) is 0 Å². The molecule has 1 heterocycles. The second-order valence-corrected chi connectivity index (χ2v) is 3.38. The Morgan fingerprint density at radius 2 is 2.16 bits per heavy atom. The normalized spacial score (nSPS) is 10.4. The fraction of sp³-hybridized carbons (Fsp3) is 0.400. The highest BCUT2D eigenvalue weighted by molar-refractivity contribution is 5.73. The van der Waals surface area contributed by atoms with Crippen LogP contribution in [-0.2, 0) is 16.0 Å². The van der Waals surface area contributed by atoms with Crippen LogP contribution in [0.1, 0.15) is 17.6 Å². The zero-order valence-corrected chi connectivity index (χ0v) is 10.1. The van der Waals surface area contributed by atoms with Crippen molar-refractivity contribution >= 4 is 11.8 Å². The van der Waals surface area contributed by atoms with E-state index in [0.717, 1.165) is 20.3 Å². The maximum Gasteiger partial charge on any atom is 0.371 e. The van der Waals surface area contributed by atoms with Gasteiger partial charge in [0.05, 0.1) is 26.2 Å². The molecule has 0 bridgehead atoms. The maximum absolute atomic E-state index is 12.7. The summed E-state index contributed by atoms with van der Waals surface area (Å²) in [6.45, 7) is 0. The maximum atomic E-state index is 12.7. The van der Waals surface area contributed by atoms with Crippen molar-refractivity contribution in [3.05, 3.63) is 27.3 Å². The van der Waals surface area contributed by atoms with Gasteiger partial charge >= 0.3 is 17.7 Å². The number of ether oxygens (including phenoxy) is 2. The molecule has 0 atom stereocenters. The summed E-state index contributed by atoms with van der Waals surface area (Å²) in [4.78, 5) is 24.4. The zero-order valence-electron chi connectivity index (χ0n) is 10.1. The second kappa shape index (κ2) is 6.03. The molecule has 0 aromatic carbocycles. The average molecular weight is 276 g/mol. The summed E-state index contributed by atoms with van der Waals surface area (Å²) in [7, 11) is 2.15. The van der Waals surface area contributed by atoms with Gasteiger partial charge in [0.1, 0.15) is 5.56 Å². The van der Waals surface area contributed by atoms with Gasteiger partial charge in [-0.2, -0.15) is 0 Å². The van der Waals surface area contributed by atoms with Crippen LogP contribution in [0.2, 0.25) is 0 Å². The van der Waals surface area contributed by atoms with Crippen LogP contribution in [0.4, 0.5) is 14.6 Å². The van der Waals surface area contributed by atoms with E-state index in [1.165, 1.54) is 0 Å². The first kappa shape index (κ1) is 14.7. The fourth-order valence-corrected chi connectivity index (χ4v) is 1.38. The molecule has 0 spiro atoms. The van der Waals surface area contributed by atoms with Crippen LogP contribution < -0.4 is 4.74 Å². The van der Waals surface area contributed by atoms with E-state index in [2.05, 4.69) is 14.5 Å². The minimum atomic E-state index is -2.93. The van der Waals surface area contributed by atoms with Crippen molar-refractivity contribution in [1.29, 1.82) is 0 Å². The molecule has 0 N–H and O–H groups in total. The van der Waals surface area contributed by atoms with Crippen molar-refractivity contribution in [2.45, 2.75) is 12.8 Å². The van der Waals surface area contributed by atoms with E-state index in [1.807, 2.05) is 0 Å². The van der Waals surface area contributed by atoms with E-state index in [1.54, 1.807) is 0 Å². The van der Waals surface area contributed by atoms with Crippen LogP contribution in [0.15, 0.2) is 6.07 Å². The number of nitrogens with zero attached hydrogens (tertiary/aromatic N) is 2. The summed E-state index contributed by atoms with van der Waals surface area (Å²) in [5.74, 6) is -2.06. The van der Waals surface area contributed by atoms with Gasteiger partial charge in [-0.1, -0.05) is 0 Å². The predicted molar refractivity (Wildman–Crippen MR) is 58.1 cm³/mol. The van der Waals surface area contributed by atoms with E-state index in [4.69, 9.17) is 0 Å². The molecule has 7 nitrogen and oxygen atoms in total. The number of esters is 1. The van der Waals surface area contributed by atoms with E-state index in [9.17, 15) is 23.7 Å². The van der Waals surface area contributed by atoms with E-state index in [0.29, 0.717) is 0 Å². The van der Waals surface area contributed by atoms with Gasteiger partial charge in [-0.3, -0.25) is 4.79 Å². The summed E-state index contributed by atoms with van der Waals surface area (Å²) < 4.78 is 34.4. The molecule has 1 aromatic rings. The zero-order chi connectivity index (χ0) is 14.6. The molecule has 104 valence electrons. The Hall–Kier alpha value is -2.32. The minimum absolute atomic E-state index is 0.257.